The van der Waals surface area contributed by atoms with Gasteiger partial charge in [-0.25, -0.2) is 13.5 Å². The lowest BCUT2D eigenvalue weighted by Gasteiger charge is -2.07. The molecule has 0 spiro atoms. The fourth-order valence-corrected chi connectivity index (χ4v) is 4.71. The van der Waals surface area contributed by atoms with E-state index in [1.807, 2.05) is 0 Å². The maximum absolute atomic E-state index is 11.8. The minimum Gasteiger partial charge on any atom is -0.359 e. The van der Waals surface area contributed by atoms with Crippen LogP contribution >= 0.6 is 0 Å². The molecule has 0 saturated heterocycles. The fraction of sp³-hybridized carbons (Fsp3) is 0.864. The van der Waals surface area contributed by atoms with Crippen LogP contribution in [0.1, 0.15) is 109 Å². The minimum absolute atomic E-state index is 0.134. The molecule has 0 atom stereocenters. The van der Waals surface area contributed by atoms with E-state index in [-0.39, 0.29) is 30.9 Å². The second kappa shape index (κ2) is 18.4. The normalized spacial score (nSPS) is 11.4. The minimum atomic E-state index is -3.65. The van der Waals surface area contributed by atoms with Gasteiger partial charge in [0.05, 0.1) is 5.75 Å². The molecule has 0 saturated carbocycles. The van der Waals surface area contributed by atoms with Crippen LogP contribution in [0.2, 0.25) is 0 Å². The van der Waals surface area contributed by atoms with Crippen molar-refractivity contribution in [2.24, 2.45) is 0 Å². The number of hydrogen-bond acceptors (Lipinski definition) is 7. The number of rotatable bonds is 21. The number of nitrogens with zero attached hydrogens (tertiary/aromatic N) is 3. The number of tetrazole rings is 1. The summed E-state index contributed by atoms with van der Waals surface area (Å²) in [5, 5.41) is 16.3. The molecular formula is C22H42N6O4S. The van der Waals surface area contributed by atoms with Gasteiger partial charge in [0.2, 0.25) is 21.8 Å². The monoisotopic (exact) mass is 486 g/mol. The number of unbranched alkanes of at least 4 members (excludes halogenated alkanes) is 12. The average Bonchev–Trinajstić information content (AvgIpc) is 3.29. The number of carbonyl (C=O) groups is 2. The van der Waals surface area contributed by atoms with Gasteiger partial charge < -0.3 is 5.32 Å². The Kier molecular flexibility index (Phi) is 16.2. The van der Waals surface area contributed by atoms with Gasteiger partial charge in [0.1, 0.15) is 5.82 Å². The van der Waals surface area contributed by atoms with Crippen LogP contribution in [0.5, 0.6) is 0 Å². The van der Waals surface area contributed by atoms with Crippen molar-refractivity contribution >= 4 is 21.8 Å². The number of aromatic nitrogens is 4. The molecule has 1 aromatic rings. The molecule has 0 fully saturated rings. The van der Waals surface area contributed by atoms with Gasteiger partial charge in [-0.05, 0) is 29.7 Å². The molecule has 33 heavy (non-hydrogen) atoms. The van der Waals surface area contributed by atoms with Crippen LogP contribution in [0.4, 0.5) is 0 Å². The molecule has 2 amide bonds. The predicted octanol–water partition coefficient (Wildman–Crippen LogP) is 3.18. The van der Waals surface area contributed by atoms with E-state index in [9.17, 15) is 18.0 Å². The highest BCUT2D eigenvalue weighted by atomic mass is 32.2. The fourth-order valence-electron chi connectivity index (χ4n) is 3.63. The molecule has 0 aromatic carbocycles. The van der Waals surface area contributed by atoms with Crippen LogP contribution in [0.15, 0.2) is 0 Å². The maximum atomic E-state index is 11.8. The Morgan fingerprint density at radius 3 is 1.79 bits per heavy atom. The molecule has 11 heteroatoms. The van der Waals surface area contributed by atoms with Gasteiger partial charge in [-0.15, -0.1) is 5.10 Å². The first-order valence-corrected chi connectivity index (χ1v) is 14.0. The summed E-state index contributed by atoms with van der Waals surface area (Å²) in [5.74, 6) is -0.00336. The first-order chi connectivity index (χ1) is 15.9. The van der Waals surface area contributed by atoms with E-state index < -0.39 is 15.9 Å². The van der Waals surface area contributed by atoms with Crippen molar-refractivity contribution in [3.05, 3.63) is 5.82 Å². The molecule has 0 aliphatic carbocycles. The number of H-pyrrole nitrogens is 1. The van der Waals surface area contributed by atoms with Crippen LogP contribution in [-0.2, 0) is 26.0 Å². The molecule has 1 rings (SSSR count). The molecule has 0 unspecified atom stereocenters. The second-order valence-corrected chi connectivity index (χ2v) is 10.4. The van der Waals surface area contributed by atoms with Gasteiger partial charge >= 0.3 is 0 Å². The second-order valence-electron chi connectivity index (χ2n) is 8.56. The smallest absolute Gasteiger partial charge is 0.234 e. The summed E-state index contributed by atoms with van der Waals surface area (Å²) in [4.78, 5) is 22.9. The highest BCUT2D eigenvalue weighted by Crippen LogP contribution is 2.13. The number of amides is 2. The largest absolute Gasteiger partial charge is 0.359 e. The summed E-state index contributed by atoms with van der Waals surface area (Å²) in [5.41, 5.74) is 0. The molecular weight excluding hydrogens is 444 g/mol. The van der Waals surface area contributed by atoms with Crippen molar-refractivity contribution in [2.45, 2.75) is 109 Å². The maximum Gasteiger partial charge on any atom is 0.234 e. The van der Waals surface area contributed by atoms with Crippen LogP contribution in [-0.4, -0.2) is 53.7 Å². The Labute approximate surface area is 198 Å². The highest BCUT2D eigenvalue weighted by molar-refractivity contribution is 7.90. The number of carbonyl (C=O) groups excluding carboxylic acids is 2. The lowest BCUT2D eigenvalue weighted by molar-refractivity contribution is -0.120. The Balaban J connectivity index is 1.83. The Hall–Kier alpha value is -2.04. The van der Waals surface area contributed by atoms with Crippen molar-refractivity contribution < 1.29 is 18.0 Å². The van der Waals surface area contributed by atoms with Crippen molar-refractivity contribution in [2.75, 3.05) is 12.8 Å². The van der Waals surface area contributed by atoms with E-state index in [0.717, 1.165) is 37.9 Å². The highest BCUT2D eigenvalue weighted by Gasteiger charge is 2.14. The lowest BCUT2D eigenvalue weighted by atomic mass is 10.0. The van der Waals surface area contributed by atoms with Crippen molar-refractivity contribution in [3.8, 4) is 0 Å². The summed E-state index contributed by atoms with van der Waals surface area (Å²) in [6.45, 7) is 0. The van der Waals surface area contributed by atoms with Gasteiger partial charge in [0.15, 0.2) is 0 Å². The molecule has 10 nitrogen and oxygen atoms in total. The van der Waals surface area contributed by atoms with Gasteiger partial charge in [-0.2, -0.15) is 0 Å². The first-order valence-electron chi connectivity index (χ1n) is 12.4. The number of aromatic amines is 1. The van der Waals surface area contributed by atoms with Gasteiger partial charge in [-0.3, -0.25) is 14.3 Å². The van der Waals surface area contributed by atoms with Crippen LogP contribution in [0.25, 0.3) is 0 Å². The molecule has 1 aromatic heterocycles. The summed E-state index contributed by atoms with van der Waals surface area (Å²) >= 11 is 0. The third kappa shape index (κ3) is 17.1. The standard InChI is InChI=1S/C22H42N6O4S/c1-23-21(29)18-15-19-33(31,32)26-22(30)17-14-12-10-8-6-4-2-3-5-7-9-11-13-16-20-24-27-28-25-20/h2-19H2,1H3,(H,23,29)(H,26,30)(H,24,25,27,28). The molecule has 3 N–H and O–H groups in total. The summed E-state index contributed by atoms with van der Waals surface area (Å²) in [7, 11) is -2.15. The average molecular weight is 487 g/mol. The first kappa shape index (κ1) is 29.0. The van der Waals surface area contributed by atoms with Gasteiger partial charge in [0.25, 0.3) is 0 Å². The van der Waals surface area contributed by atoms with Crippen molar-refractivity contribution in [1.29, 1.82) is 0 Å². The Morgan fingerprint density at radius 2 is 1.27 bits per heavy atom. The zero-order valence-corrected chi connectivity index (χ0v) is 20.9. The molecule has 0 aliphatic rings. The predicted molar refractivity (Wildman–Crippen MR) is 128 cm³/mol. The van der Waals surface area contributed by atoms with E-state index in [2.05, 4.69) is 30.7 Å². The number of aryl methyl sites for hydroxylation is 1. The van der Waals surface area contributed by atoms with Gasteiger partial charge in [0, 0.05) is 26.3 Å². The molecule has 1 heterocycles. The summed E-state index contributed by atoms with van der Waals surface area (Å²) in [6, 6.07) is 0. The van der Waals surface area contributed by atoms with Crippen molar-refractivity contribution in [3.63, 3.8) is 0 Å². The van der Waals surface area contributed by atoms with E-state index in [4.69, 9.17) is 0 Å². The Bertz CT molecular complexity index is 740. The van der Waals surface area contributed by atoms with E-state index in [1.54, 1.807) is 0 Å². The molecule has 0 radical (unpaired) electrons. The summed E-state index contributed by atoms with van der Waals surface area (Å²) < 4.78 is 25.8. The quantitative estimate of drug-likeness (QED) is 0.226. The lowest BCUT2D eigenvalue weighted by Crippen LogP contribution is -2.32. The molecule has 0 aliphatic heterocycles. The van der Waals surface area contributed by atoms with Crippen LogP contribution in [0.3, 0.4) is 0 Å². The van der Waals surface area contributed by atoms with Crippen molar-refractivity contribution in [1.82, 2.24) is 30.7 Å². The van der Waals surface area contributed by atoms with Crippen LogP contribution < -0.4 is 10.0 Å². The van der Waals surface area contributed by atoms with Crippen LogP contribution in [0, 0.1) is 0 Å². The molecule has 0 bridgehead atoms. The van der Waals surface area contributed by atoms with E-state index in [1.165, 1.54) is 58.4 Å². The zero-order chi connectivity index (χ0) is 24.2. The third-order valence-corrected chi connectivity index (χ3v) is 6.94. The summed E-state index contributed by atoms with van der Waals surface area (Å²) in [6.07, 6.45) is 16.6. The van der Waals surface area contributed by atoms with E-state index >= 15 is 0 Å². The Morgan fingerprint density at radius 1 is 0.758 bits per heavy atom. The van der Waals surface area contributed by atoms with E-state index in [0.29, 0.717) is 6.42 Å². The zero-order valence-electron chi connectivity index (χ0n) is 20.1. The topological polar surface area (TPSA) is 147 Å². The molecule has 190 valence electrons. The number of sulfonamides is 1. The van der Waals surface area contributed by atoms with Gasteiger partial charge in [-0.1, -0.05) is 70.6 Å². The number of nitrogens with one attached hydrogen (secondary N) is 3. The third-order valence-electron chi connectivity index (χ3n) is 5.57. The number of hydrogen-bond donors (Lipinski definition) is 3. The SMILES string of the molecule is CNC(=O)CCCS(=O)(=O)NC(=O)CCCCCCCCCCCCCCCc1nnn[nH]1.